The quantitative estimate of drug-likeness (QED) is 0.711. The lowest BCUT2D eigenvalue weighted by Gasteiger charge is -2.37. The number of carbonyl (C=O) groups excluding carboxylic acids is 1. The third-order valence-electron chi connectivity index (χ3n) is 6.05. The summed E-state index contributed by atoms with van der Waals surface area (Å²) in [5.41, 5.74) is 3.91. The van der Waals surface area contributed by atoms with Crippen LogP contribution < -0.4 is 5.32 Å². The maximum atomic E-state index is 13.7. The lowest BCUT2D eigenvalue weighted by atomic mass is 9.94. The molecule has 1 fully saturated rings. The number of aromatic nitrogens is 3. The Labute approximate surface area is 182 Å². The summed E-state index contributed by atoms with van der Waals surface area (Å²) in [6.45, 7) is 6.03. The van der Waals surface area contributed by atoms with E-state index in [1.807, 2.05) is 48.2 Å². The van der Waals surface area contributed by atoms with Crippen LogP contribution in [0.25, 0.3) is 0 Å². The Bertz CT molecular complexity index is 1080. The van der Waals surface area contributed by atoms with Crippen LogP contribution in [0, 0.1) is 0 Å². The van der Waals surface area contributed by atoms with Crippen molar-refractivity contribution in [1.29, 1.82) is 0 Å². The standard InChI is InChI=1S/C24H26N6O/c1-18-21(22(20-10-6-3-7-11-20)30-24(27-18)25-17-26-30)23(31)29-14-12-28(13-15-29)16-19-8-4-2-5-9-19/h2-11,17,22H,12-16H2,1H3,(H,25,26,27). The molecule has 5 rings (SSSR count). The summed E-state index contributed by atoms with van der Waals surface area (Å²) in [7, 11) is 0. The number of nitrogens with one attached hydrogen (secondary N) is 1. The van der Waals surface area contributed by atoms with Gasteiger partial charge in [-0.25, -0.2) is 4.68 Å². The summed E-state index contributed by atoms with van der Waals surface area (Å²) in [4.78, 5) is 22.4. The Morgan fingerprint density at radius 2 is 1.68 bits per heavy atom. The molecule has 2 aliphatic rings. The molecule has 7 heteroatoms. The van der Waals surface area contributed by atoms with E-state index in [1.54, 1.807) is 4.68 Å². The normalized spacial score (nSPS) is 19.1. The highest BCUT2D eigenvalue weighted by Gasteiger charge is 2.36. The summed E-state index contributed by atoms with van der Waals surface area (Å²) >= 11 is 0. The van der Waals surface area contributed by atoms with Crippen LogP contribution in [0.2, 0.25) is 0 Å². The van der Waals surface area contributed by atoms with Crippen LogP contribution in [0.5, 0.6) is 0 Å². The fourth-order valence-corrected chi connectivity index (χ4v) is 4.43. The molecule has 0 spiro atoms. The molecule has 1 N–H and O–H groups in total. The topological polar surface area (TPSA) is 66.3 Å². The average molecular weight is 415 g/mol. The molecule has 2 aromatic carbocycles. The summed E-state index contributed by atoms with van der Waals surface area (Å²) < 4.78 is 1.81. The molecule has 0 radical (unpaired) electrons. The minimum atomic E-state index is -0.283. The molecule has 2 aliphatic heterocycles. The first-order valence-corrected chi connectivity index (χ1v) is 10.7. The molecule has 1 unspecified atom stereocenters. The number of rotatable bonds is 4. The number of nitrogens with zero attached hydrogens (tertiary/aromatic N) is 5. The summed E-state index contributed by atoms with van der Waals surface area (Å²) in [5.74, 6) is 0.731. The zero-order chi connectivity index (χ0) is 21.2. The van der Waals surface area contributed by atoms with Crippen LogP contribution in [0.3, 0.4) is 0 Å². The van der Waals surface area contributed by atoms with Gasteiger partial charge in [-0.2, -0.15) is 10.1 Å². The van der Waals surface area contributed by atoms with Gasteiger partial charge in [-0.15, -0.1) is 0 Å². The van der Waals surface area contributed by atoms with Crippen LogP contribution in [-0.4, -0.2) is 56.7 Å². The Balaban J connectivity index is 1.35. The molecule has 0 saturated carbocycles. The Morgan fingerprint density at radius 1 is 1.00 bits per heavy atom. The SMILES string of the molecule is CC1=C(C(=O)N2CCN(Cc3ccccc3)CC2)C(c2ccccc2)n2ncnc2N1. The van der Waals surface area contributed by atoms with E-state index < -0.39 is 0 Å². The number of fused-ring (bicyclic) bond motifs is 1. The van der Waals surface area contributed by atoms with Crippen molar-refractivity contribution in [2.75, 3.05) is 31.5 Å². The van der Waals surface area contributed by atoms with Crippen LogP contribution in [0.15, 0.2) is 78.3 Å². The highest BCUT2D eigenvalue weighted by molar-refractivity contribution is 5.96. The maximum absolute atomic E-state index is 13.7. The van der Waals surface area contributed by atoms with Gasteiger partial charge in [-0.1, -0.05) is 60.7 Å². The lowest BCUT2D eigenvalue weighted by molar-refractivity contribution is -0.129. The molecule has 1 atom stereocenters. The van der Waals surface area contributed by atoms with Gasteiger partial charge in [0.1, 0.15) is 12.4 Å². The fourth-order valence-electron chi connectivity index (χ4n) is 4.43. The molecular formula is C24H26N6O. The van der Waals surface area contributed by atoms with Crippen LogP contribution in [0.4, 0.5) is 5.95 Å². The van der Waals surface area contributed by atoms with E-state index in [-0.39, 0.29) is 11.9 Å². The first kappa shape index (κ1) is 19.5. The van der Waals surface area contributed by atoms with Gasteiger partial charge < -0.3 is 10.2 Å². The second-order valence-electron chi connectivity index (χ2n) is 8.06. The number of hydrogen-bond donors (Lipinski definition) is 1. The number of piperazine rings is 1. The predicted octanol–water partition coefficient (Wildman–Crippen LogP) is 2.91. The van der Waals surface area contributed by atoms with E-state index in [0.29, 0.717) is 19.0 Å². The molecule has 1 aromatic heterocycles. The van der Waals surface area contributed by atoms with Crippen LogP contribution in [0.1, 0.15) is 24.1 Å². The molecule has 3 aromatic rings. The summed E-state index contributed by atoms with van der Waals surface area (Å²) in [6.07, 6.45) is 1.53. The van der Waals surface area contributed by atoms with Crippen LogP contribution >= 0.6 is 0 Å². The smallest absolute Gasteiger partial charge is 0.254 e. The zero-order valence-electron chi connectivity index (χ0n) is 17.6. The Kier molecular flexibility index (Phi) is 5.26. The third-order valence-corrected chi connectivity index (χ3v) is 6.05. The van der Waals surface area contributed by atoms with Crippen molar-refractivity contribution in [1.82, 2.24) is 24.6 Å². The molecule has 7 nitrogen and oxygen atoms in total. The first-order chi connectivity index (χ1) is 15.2. The second-order valence-corrected chi connectivity index (χ2v) is 8.06. The first-order valence-electron chi connectivity index (χ1n) is 10.7. The van der Waals surface area contributed by atoms with Crippen molar-refractivity contribution in [3.63, 3.8) is 0 Å². The third kappa shape index (κ3) is 3.84. The summed E-state index contributed by atoms with van der Waals surface area (Å²) in [6, 6.07) is 20.3. The van der Waals surface area contributed by atoms with E-state index in [2.05, 4.69) is 44.6 Å². The molecular weight excluding hydrogens is 388 g/mol. The van der Waals surface area contributed by atoms with Crippen molar-refractivity contribution in [3.8, 4) is 0 Å². The van der Waals surface area contributed by atoms with Gasteiger partial charge in [-0.05, 0) is 18.1 Å². The largest absolute Gasteiger partial charge is 0.336 e. The Hall–Kier alpha value is -3.45. The molecule has 3 heterocycles. The minimum Gasteiger partial charge on any atom is -0.336 e. The molecule has 0 aliphatic carbocycles. The highest BCUT2D eigenvalue weighted by atomic mass is 16.2. The van der Waals surface area contributed by atoms with Gasteiger partial charge in [-0.3, -0.25) is 9.69 Å². The van der Waals surface area contributed by atoms with Gasteiger partial charge in [0.15, 0.2) is 0 Å². The summed E-state index contributed by atoms with van der Waals surface area (Å²) in [5, 5.41) is 7.68. The van der Waals surface area contributed by atoms with Crippen molar-refractivity contribution >= 4 is 11.9 Å². The van der Waals surface area contributed by atoms with E-state index >= 15 is 0 Å². The fraction of sp³-hybridized carbons (Fsp3) is 0.292. The van der Waals surface area contributed by atoms with Gasteiger partial charge in [0, 0.05) is 38.4 Å². The number of amides is 1. The van der Waals surface area contributed by atoms with Gasteiger partial charge in [0.05, 0.1) is 5.57 Å². The van der Waals surface area contributed by atoms with Crippen molar-refractivity contribution in [3.05, 3.63) is 89.4 Å². The average Bonchev–Trinajstić information content (AvgIpc) is 3.27. The number of allylic oxidation sites excluding steroid dienone is 1. The molecule has 158 valence electrons. The Morgan fingerprint density at radius 3 is 2.39 bits per heavy atom. The predicted molar refractivity (Wildman–Crippen MR) is 119 cm³/mol. The monoisotopic (exact) mass is 414 g/mol. The van der Waals surface area contributed by atoms with E-state index in [0.717, 1.165) is 36.5 Å². The van der Waals surface area contributed by atoms with E-state index in [4.69, 9.17) is 0 Å². The zero-order valence-corrected chi connectivity index (χ0v) is 17.6. The minimum absolute atomic E-state index is 0.0689. The number of hydrogen-bond acceptors (Lipinski definition) is 5. The van der Waals surface area contributed by atoms with E-state index in [1.165, 1.54) is 11.9 Å². The molecule has 31 heavy (non-hydrogen) atoms. The van der Waals surface area contributed by atoms with Gasteiger partial charge >= 0.3 is 0 Å². The second kappa shape index (κ2) is 8.35. The van der Waals surface area contributed by atoms with Crippen LogP contribution in [-0.2, 0) is 11.3 Å². The number of anilines is 1. The van der Waals surface area contributed by atoms with Crippen molar-refractivity contribution < 1.29 is 4.79 Å². The lowest BCUT2D eigenvalue weighted by Crippen LogP contribution is -2.50. The molecule has 1 saturated heterocycles. The molecule has 0 bridgehead atoms. The van der Waals surface area contributed by atoms with Crippen molar-refractivity contribution in [2.45, 2.75) is 19.5 Å². The highest BCUT2D eigenvalue weighted by Crippen LogP contribution is 2.35. The molecule has 1 amide bonds. The van der Waals surface area contributed by atoms with Gasteiger partial charge in [0.2, 0.25) is 5.95 Å². The van der Waals surface area contributed by atoms with Crippen molar-refractivity contribution in [2.24, 2.45) is 0 Å². The van der Waals surface area contributed by atoms with E-state index in [9.17, 15) is 4.79 Å². The maximum Gasteiger partial charge on any atom is 0.254 e. The number of benzene rings is 2. The van der Waals surface area contributed by atoms with Gasteiger partial charge in [0.25, 0.3) is 5.91 Å². The number of carbonyl (C=O) groups is 1.